The highest BCUT2D eigenvalue weighted by atomic mass is 35.5. The van der Waals surface area contributed by atoms with Gasteiger partial charge >= 0.3 is 5.97 Å². The molecule has 0 saturated carbocycles. The topological polar surface area (TPSA) is 49.3 Å². The van der Waals surface area contributed by atoms with Crippen LogP contribution in [0.2, 0.25) is 5.02 Å². The van der Waals surface area contributed by atoms with Gasteiger partial charge in [-0.1, -0.05) is 23.7 Å². The Morgan fingerprint density at radius 2 is 2.05 bits per heavy atom. The molecule has 5 heteroatoms. The number of aromatic carboxylic acids is 1. The number of thiophene rings is 1. The number of hydrogen-bond acceptors (Lipinski definition) is 3. The van der Waals surface area contributed by atoms with Crippen LogP contribution in [0.4, 0.5) is 0 Å². The van der Waals surface area contributed by atoms with Crippen molar-refractivity contribution in [3.05, 3.63) is 56.7 Å². The van der Waals surface area contributed by atoms with Gasteiger partial charge in [-0.15, -0.1) is 11.3 Å². The maximum atomic E-state index is 11.0. The summed E-state index contributed by atoms with van der Waals surface area (Å²) in [7, 11) is 0. The lowest BCUT2D eigenvalue weighted by Crippen LogP contribution is -2.18. The lowest BCUT2D eigenvalue weighted by molar-refractivity contribution is 0.0701. The molecule has 2 N–H and O–H groups in total. The molecule has 0 aliphatic heterocycles. The summed E-state index contributed by atoms with van der Waals surface area (Å²) in [6.07, 6.45) is 0. The lowest BCUT2D eigenvalue weighted by atomic mass is 10.1. The second-order valence-electron chi connectivity index (χ2n) is 4.23. The van der Waals surface area contributed by atoms with E-state index in [0.29, 0.717) is 16.4 Å². The fraction of sp³-hybridized carbons (Fsp3) is 0.214. The molecular weight excluding hydrogens is 282 g/mol. The average Bonchev–Trinajstić information content (AvgIpc) is 2.85. The summed E-state index contributed by atoms with van der Waals surface area (Å²) < 4.78 is 0. The van der Waals surface area contributed by atoms with Crippen molar-refractivity contribution in [2.24, 2.45) is 0 Å². The van der Waals surface area contributed by atoms with E-state index in [-0.39, 0.29) is 6.04 Å². The second-order valence-corrected chi connectivity index (χ2v) is 5.59. The standard InChI is InChI=1S/C14H14ClNO2S/c1-9(10-2-4-12(15)5-3-10)16-8-11-6-7-19-13(11)14(17)18/h2-7,9,16H,8H2,1H3,(H,17,18)/t9-/m0/s1. The molecule has 2 aromatic rings. The zero-order valence-corrected chi connectivity index (χ0v) is 12.0. The molecule has 0 unspecified atom stereocenters. The summed E-state index contributed by atoms with van der Waals surface area (Å²) in [6.45, 7) is 2.57. The largest absolute Gasteiger partial charge is 0.477 e. The van der Waals surface area contributed by atoms with Gasteiger partial charge in [0.05, 0.1) is 0 Å². The predicted molar refractivity (Wildman–Crippen MR) is 78.0 cm³/mol. The van der Waals surface area contributed by atoms with Crippen LogP contribution < -0.4 is 5.32 Å². The van der Waals surface area contributed by atoms with E-state index in [0.717, 1.165) is 11.1 Å². The van der Waals surface area contributed by atoms with E-state index in [4.69, 9.17) is 16.7 Å². The zero-order valence-electron chi connectivity index (χ0n) is 10.4. The minimum atomic E-state index is -0.869. The molecule has 0 aliphatic rings. The molecule has 0 bridgehead atoms. The highest BCUT2D eigenvalue weighted by Crippen LogP contribution is 2.19. The van der Waals surface area contributed by atoms with Gasteiger partial charge in [0.25, 0.3) is 0 Å². The fourth-order valence-electron chi connectivity index (χ4n) is 1.79. The third-order valence-electron chi connectivity index (χ3n) is 2.91. The van der Waals surface area contributed by atoms with Crippen molar-refractivity contribution in [1.29, 1.82) is 0 Å². The molecule has 3 nitrogen and oxygen atoms in total. The van der Waals surface area contributed by atoms with Crippen molar-refractivity contribution in [3.8, 4) is 0 Å². The van der Waals surface area contributed by atoms with Crippen LogP contribution in [0.5, 0.6) is 0 Å². The normalized spacial score (nSPS) is 12.3. The highest BCUT2D eigenvalue weighted by molar-refractivity contribution is 7.12. The average molecular weight is 296 g/mol. The molecule has 0 saturated heterocycles. The van der Waals surface area contributed by atoms with Crippen LogP contribution in [-0.4, -0.2) is 11.1 Å². The molecule has 2 rings (SSSR count). The number of rotatable bonds is 5. The summed E-state index contributed by atoms with van der Waals surface area (Å²) >= 11 is 7.10. The van der Waals surface area contributed by atoms with Gasteiger partial charge in [0.1, 0.15) is 4.88 Å². The first-order chi connectivity index (χ1) is 9.08. The first-order valence-electron chi connectivity index (χ1n) is 5.86. The van der Waals surface area contributed by atoms with Crippen molar-refractivity contribution < 1.29 is 9.90 Å². The van der Waals surface area contributed by atoms with E-state index in [2.05, 4.69) is 5.32 Å². The number of nitrogens with one attached hydrogen (secondary N) is 1. The van der Waals surface area contributed by atoms with Crippen LogP contribution in [0.3, 0.4) is 0 Å². The molecular formula is C14H14ClNO2S. The summed E-state index contributed by atoms with van der Waals surface area (Å²) in [5.41, 5.74) is 1.94. The van der Waals surface area contributed by atoms with Gasteiger partial charge in [-0.2, -0.15) is 0 Å². The van der Waals surface area contributed by atoms with E-state index < -0.39 is 5.97 Å². The van der Waals surface area contributed by atoms with Gasteiger partial charge in [-0.05, 0) is 41.6 Å². The van der Waals surface area contributed by atoms with Crippen molar-refractivity contribution in [2.75, 3.05) is 0 Å². The number of hydrogen-bond donors (Lipinski definition) is 2. The minimum Gasteiger partial charge on any atom is -0.477 e. The SMILES string of the molecule is C[C@H](NCc1ccsc1C(=O)O)c1ccc(Cl)cc1. The Morgan fingerprint density at radius 3 is 2.68 bits per heavy atom. The Morgan fingerprint density at radius 1 is 1.37 bits per heavy atom. The van der Waals surface area contributed by atoms with Gasteiger partial charge in [-0.25, -0.2) is 4.79 Å². The van der Waals surface area contributed by atoms with E-state index in [1.807, 2.05) is 37.3 Å². The van der Waals surface area contributed by atoms with Gasteiger partial charge in [-0.3, -0.25) is 0 Å². The molecule has 19 heavy (non-hydrogen) atoms. The number of carbonyl (C=O) groups is 1. The minimum absolute atomic E-state index is 0.138. The third-order valence-corrected chi connectivity index (χ3v) is 4.11. The van der Waals surface area contributed by atoms with Gasteiger partial charge in [0.15, 0.2) is 0 Å². The van der Waals surface area contributed by atoms with Gasteiger partial charge in [0, 0.05) is 17.6 Å². The Bertz CT molecular complexity index is 565. The van der Waals surface area contributed by atoms with Crippen molar-refractivity contribution in [1.82, 2.24) is 5.32 Å². The van der Waals surface area contributed by atoms with Crippen LogP contribution in [0.15, 0.2) is 35.7 Å². The molecule has 0 aliphatic carbocycles. The van der Waals surface area contributed by atoms with E-state index in [1.54, 1.807) is 5.38 Å². The van der Waals surface area contributed by atoms with Gasteiger partial charge in [0.2, 0.25) is 0 Å². The Kier molecular flexibility index (Phi) is 4.58. The van der Waals surface area contributed by atoms with Crippen LogP contribution in [0.1, 0.15) is 33.8 Å². The molecule has 0 amide bonds. The predicted octanol–water partition coefficient (Wildman–Crippen LogP) is 3.95. The zero-order chi connectivity index (χ0) is 13.8. The van der Waals surface area contributed by atoms with Crippen molar-refractivity contribution >= 4 is 28.9 Å². The monoisotopic (exact) mass is 295 g/mol. The summed E-state index contributed by atoms with van der Waals surface area (Å²) in [5, 5.41) is 14.9. The second kappa shape index (κ2) is 6.19. The fourth-order valence-corrected chi connectivity index (χ4v) is 2.68. The first-order valence-corrected chi connectivity index (χ1v) is 7.12. The molecule has 1 aromatic carbocycles. The van der Waals surface area contributed by atoms with Crippen LogP contribution in [0.25, 0.3) is 0 Å². The summed E-state index contributed by atoms with van der Waals surface area (Å²) in [5.74, 6) is -0.869. The quantitative estimate of drug-likeness (QED) is 0.878. The van der Waals surface area contributed by atoms with Crippen LogP contribution in [-0.2, 0) is 6.54 Å². The van der Waals surface area contributed by atoms with Crippen molar-refractivity contribution in [3.63, 3.8) is 0 Å². The molecule has 0 radical (unpaired) electrons. The summed E-state index contributed by atoms with van der Waals surface area (Å²) in [4.78, 5) is 11.4. The van der Waals surface area contributed by atoms with Gasteiger partial charge < -0.3 is 10.4 Å². The number of halogens is 1. The van der Waals surface area contributed by atoms with Crippen LogP contribution in [0, 0.1) is 0 Å². The number of carboxylic acids is 1. The van der Waals surface area contributed by atoms with E-state index in [1.165, 1.54) is 11.3 Å². The molecule has 1 aromatic heterocycles. The smallest absolute Gasteiger partial charge is 0.346 e. The Labute approximate surface area is 120 Å². The van der Waals surface area contributed by atoms with E-state index >= 15 is 0 Å². The van der Waals surface area contributed by atoms with Crippen molar-refractivity contribution in [2.45, 2.75) is 19.5 Å². The Balaban J connectivity index is 2.00. The first kappa shape index (κ1) is 14.1. The van der Waals surface area contributed by atoms with E-state index in [9.17, 15) is 4.79 Å². The third kappa shape index (κ3) is 3.56. The highest BCUT2D eigenvalue weighted by Gasteiger charge is 2.12. The summed E-state index contributed by atoms with van der Waals surface area (Å²) in [6, 6.07) is 9.61. The maximum Gasteiger partial charge on any atom is 0.346 e. The molecule has 100 valence electrons. The molecule has 1 atom stereocenters. The maximum absolute atomic E-state index is 11.0. The number of carboxylic acid groups (broad SMARTS) is 1. The number of benzene rings is 1. The molecule has 0 fully saturated rings. The lowest BCUT2D eigenvalue weighted by Gasteiger charge is -2.14. The molecule has 1 heterocycles. The van der Waals surface area contributed by atoms with Crippen LogP contribution >= 0.6 is 22.9 Å². The Hall–Kier alpha value is -1.36. The molecule has 0 spiro atoms.